The molecule has 114 valence electrons. The third-order valence-corrected chi connectivity index (χ3v) is 3.00. The van der Waals surface area contributed by atoms with E-state index in [4.69, 9.17) is 9.47 Å². The van der Waals surface area contributed by atoms with Crippen LogP contribution in [-0.4, -0.2) is 20.0 Å². The van der Waals surface area contributed by atoms with E-state index in [2.05, 4.69) is 0 Å². The van der Waals surface area contributed by atoms with E-state index in [0.717, 1.165) is 12.1 Å². The summed E-state index contributed by atoms with van der Waals surface area (Å²) in [5.74, 6) is -1.04. The summed E-state index contributed by atoms with van der Waals surface area (Å²) in [5, 5.41) is 0. The fourth-order valence-corrected chi connectivity index (χ4v) is 1.88. The molecule has 22 heavy (non-hydrogen) atoms. The molecule has 0 saturated heterocycles. The summed E-state index contributed by atoms with van der Waals surface area (Å²) in [6, 6.07) is 7.93. The highest BCUT2D eigenvalue weighted by atomic mass is 19.1. The van der Waals surface area contributed by atoms with E-state index in [1.54, 1.807) is 18.2 Å². The monoisotopic (exact) mass is 304 g/mol. The van der Waals surface area contributed by atoms with Crippen molar-refractivity contribution in [2.45, 2.75) is 0 Å². The normalized spacial score (nSPS) is 10.7. The molecule has 2 aromatic rings. The van der Waals surface area contributed by atoms with Gasteiger partial charge in [0.1, 0.15) is 23.1 Å². The third-order valence-electron chi connectivity index (χ3n) is 3.00. The number of ether oxygens (including phenoxy) is 2. The number of allylic oxidation sites excluding steroid dienone is 1. The number of benzene rings is 2. The zero-order valence-electron chi connectivity index (χ0n) is 12.1. The first kappa shape index (κ1) is 15.7. The van der Waals surface area contributed by atoms with E-state index < -0.39 is 17.4 Å². The van der Waals surface area contributed by atoms with Gasteiger partial charge in [0.25, 0.3) is 0 Å². The predicted molar refractivity (Wildman–Crippen MR) is 79.3 cm³/mol. The molecule has 2 rings (SSSR count). The fraction of sp³-hybridized carbons (Fsp3) is 0.118. The Morgan fingerprint density at radius 2 is 1.64 bits per heavy atom. The first-order valence-corrected chi connectivity index (χ1v) is 6.44. The number of halogens is 2. The van der Waals surface area contributed by atoms with Gasteiger partial charge in [0.05, 0.1) is 19.8 Å². The van der Waals surface area contributed by atoms with E-state index >= 15 is 0 Å². The molecule has 0 bridgehead atoms. The molecule has 0 atom stereocenters. The summed E-state index contributed by atoms with van der Waals surface area (Å²) in [4.78, 5) is 11.9. The van der Waals surface area contributed by atoms with Gasteiger partial charge < -0.3 is 9.47 Å². The van der Waals surface area contributed by atoms with E-state index in [1.807, 2.05) is 0 Å². The van der Waals surface area contributed by atoms with Crippen LogP contribution < -0.4 is 9.47 Å². The van der Waals surface area contributed by atoms with Crippen molar-refractivity contribution in [1.29, 1.82) is 0 Å². The molecule has 5 heteroatoms. The summed E-state index contributed by atoms with van der Waals surface area (Å²) in [7, 11) is 3.03. The zero-order chi connectivity index (χ0) is 16.1. The minimum atomic E-state index is -0.891. The lowest BCUT2D eigenvalue weighted by molar-refractivity contribution is 0.104. The highest BCUT2D eigenvalue weighted by Crippen LogP contribution is 2.23. The second-order valence-corrected chi connectivity index (χ2v) is 4.47. The van der Waals surface area contributed by atoms with Gasteiger partial charge in [0, 0.05) is 12.1 Å². The molecule has 0 radical (unpaired) electrons. The molecule has 0 aliphatic heterocycles. The van der Waals surface area contributed by atoms with Crippen LogP contribution in [0.3, 0.4) is 0 Å². The highest BCUT2D eigenvalue weighted by Gasteiger charge is 2.09. The van der Waals surface area contributed by atoms with Crippen LogP contribution in [0.25, 0.3) is 6.08 Å². The fourth-order valence-electron chi connectivity index (χ4n) is 1.88. The maximum Gasteiger partial charge on any atom is 0.188 e. The summed E-state index contributed by atoms with van der Waals surface area (Å²) in [6.45, 7) is 0. The summed E-state index contributed by atoms with van der Waals surface area (Å²) in [6.07, 6.45) is 2.72. The number of rotatable bonds is 5. The second kappa shape index (κ2) is 6.85. The average molecular weight is 304 g/mol. The molecule has 2 aromatic carbocycles. The maximum absolute atomic E-state index is 13.5. The van der Waals surface area contributed by atoms with Gasteiger partial charge in [-0.2, -0.15) is 0 Å². The molecule has 0 unspecified atom stereocenters. The van der Waals surface area contributed by atoms with Crippen LogP contribution in [0.4, 0.5) is 8.78 Å². The van der Waals surface area contributed by atoms with Crippen molar-refractivity contribution < 1.29 is 23.0 Å². The standard InChI is InChI=1S/C17H14F2O3/c1-21-13-7-11(8-14(10-13)22-2)3-6-17(20)15-5-4-12(18)9-16(15)19/h3-10H,1-2H3. The molecular formula is C17H14F2O3. The first-order valence-electron chi connectivity index (χ1n) is 6.44. The van der Waals surface area contributed by atoms with E-state index in [0.29, 0.717) is 23.1 Å². The van der Waals surface area contributed by atoms with Gasteiger partial charge in [-0.3, -0.25) is 4.79 Å². The van der Waals surface area contributed by atoms with E-state index in [9.17, 15) is 13.6 Å². The Morgan fingerprint density at radius 3 is 2.18 bits per heavy atom. The quantitative estimate of drug-likeness (QED) is 0.621. The van der Waals surface area contributed by atoms with Gasteiger partial charge in [-0.25, -0.2) is 8.78 Å². The minimum Gasteiger partial charge on any atom is -0.497 e. The van der Waals surface area contributed by atoms with Gasteiger partial charge in [0.15, 0.2) is 5.78 Å². The van der Waals surface area contributed by atoms with Gasteiger partial charge in [-0.15, -0.1) is 0 Å². The molecule has 3 nitrogen and oxygen atoms in total. The Bertz CT molecular complexity index is 702. The molecule has 0 saturated carbocycles. The molecule has 0 aromatic heterocycles. The largest absolute Gasteiger partial charge is 0.497 e. The number of methoxy groups -OCH3 is 2. The molecule has 0 aliphatic carbocycles. The predicted octanol–water partition coefficient (Wildman–Crippen LogP) is 3.88. The van der Waals surface area contributed by atoms with Crippen LogP contribution >= 0.6 is 0 Å². The number of hydrogen-bond acceptors (Lipinski definition) is 3. The Morgan fingerprint density at radius 1 is 1.00 bits per heavy atom. The maximum atomic E-state index is 13.5. The lowest BCUT2D eigenvalue weighted by Crippen LogP contribution is -1.99. The molecule has 0 N–H and O–H groups in total. The van der Waals surface area contributed by atoms with Crippen LogP contribution in [0.5, 0.6) is 11.5 Å². The minimum absolute atomic E-state index is 0.187. The summed E-state index contributed by atoms with van der Waals surface area (Å²) in [5.41, 5.74) is 0.472. The Labute approximate surface area is 126 Å². The number of hydrogen-bond donors (Lipinski definition) is 0. The number of carbonyl (C=O) groups excluding carboxylic acids is 1. The van der Waals surface area contributed by atoms with Gasteiger partial charge in [-0.05, 0) is 35.9 Å². The molecular weight excluding hydrogens is 290 g/mol. The number of carbonyl (C=O) groups is 1. The smallest absolute Gasteiger partial charge is 0.188 e. The Hall–Kier alpha value is -2.69. The van der Waals surface area contributed by atoms with Gasteiger partial charge in [0.2, 0.25) is 0 Å². The Kier molecular flexibility index (Phi) is 4.88. The SMILES string of the molecule is COc1cc(C=CC(=O)c2ccc(F)cc2F)cc(OC)c1. The topological polar surface area (TPSA) is 35.5 Å². The van der Waals surface area contributed by atoms with Crippen molar-refractivity contribution in [3.8, 4) is 11.5 Å². The first-order chi connectivity index (χ1) is 10.5. The second-order valence-electron chi connectivity index (χ2n) is 4.47. The summed E-state index contributed by atoms with van der Waals surface area (Å²) >= 11 is 0. The van der Waals surface area contributed by atoms with Crippen LogP contribution in [0, 0.1) is 11.6 Å². The Balaban J connectivity index is 2.26. The van der Waals surface area contributed by atoms with Crippen molar-refractivity contribution in [2.75, 3.05) is 14.2 Å². The van der Waals surface area contributed by atoms with Crippen molar-refractivity contribution in [2.24, 2.45) is 0 Å². The van der Waals surface area contributed by atoms with Crippen molar-refractivity contribution in [3.05, 3.63) is 65.2 Å². The van der Waals surface area contributed by atoms with Crippen LogP contribution in [0.1, 0.15) is 15.9 Å². The van der Waals surface area contributed by atoms with Crippen LogP contribution in [0.2, 0.25) is 0 Å². The third kappa shape index (κ3) is 3.69. The molecule has 0 fully saturated rings. The summed E-state index contributed by atoms with van der Waals surface area (Å²) < 4.78 is 36.6. The zero-order valence-corrected chi connectivity index (χ0v) is 12.1. The van der Waals surface area contributed by atoms with E-state index in [-0.39, 0.29) is 5.56 Å². The lowest BCUT2D eigenvalue weighted by Gasteiger charge is -2.05. The van der Waals surface area contributed by atoms with Crippen LogP contribution in [0.15, 0.2) is 42.5 Å². The average Bonchev–Trinajstić information content (AvgIpc) is 2.52. The molecule has 0 aliphatic rings. The molecule has 0 spiro atoms. The van der Waals surface area contributed by atoms with Crippen LogP contribution in [-0.2, 0) is 0 Å². The lowest BCUT2D eigenvalue weighted by atomic mass is 10.1. The number of ketones is 1. The van der Waals surface area contributed by atoms with Crippen molar-refractivity contribution in [1.82, 2.24) is 0 Å². The van der Waals surface area contributed by atoms with Crippen molar-refractivity contribution >= 4 is 11.9 Å². The molecule has 0 heterocycles. The highest BCUT2D eigenvalue weighted by molar-refractivity contribution is 6.07. The van der Waals surface area contributed by atoms with E-state index in [1.165, 1.54) is 26.4 Å². The van der Waals surface area contributed by atoms with Gasteiger partial charge in [-0.1, -0.05) is 6.08 Å². The van der Waals surface area contributed by atoms with Gasteiger partial charge >= 0.3 is 0 Å². The molecule has 0 amide bonds. The van der Waals surface area contributed by atoms with Crippen molar-refractivity contribution in [3.63, 3.8) is 0 Å².